The molecule has 0 N–H and O–H groups in total. The van der Waals surface area contributed by atoms with E-state index in [-0.39, 0.29) is 16.7 Å². The second-order valence-corrected chi connectivity index (χ2v) is 4.28. The van der Waals surface area contributed by atoms with Crippen LogP contribution in [0.5, 0.6) is 0 Å². The van der Waals surface area contributed by atoms with Gasteiger partial charge in [0.25, 0.3) is 0 Å². The van der Waals surface area contributed by atoms with E-state index in [1.807, 2.05) is 0 Å². The van der Waals surface area contributed by atoms with Crippen LogP contribution in [0.15, 0.2) is 29.2 Å². The zero-order valence-electron chi connectivity index (χ0n) is 9.45. The number of methoxy groups -OCH3 is 1. The Kier molecular flexibility index (Phi) is 5.30. The van der Waals surface area contributed by atoms with Crippen molar-refractivity contribution in [3.8, 4) is 0 Å². The fourth-order valence-corrected chi connectivity index (χ4v) is 1.92. The van der Waals surface area contributed by atoms with Crippen molar-refractivity contribution < 1.29 is 22.6 Å². The van der Waals surface area contributed by atoms with Crippen molar-refractivity contribution in [1.29, 1.82) is 0 Å². The van der Waals surface area contributed by atoms with Gasteiger partial charge in [0.1, 0.15) is 0 Å². The summed E-state index contributed by atoms with van der Waals surface area (Å²) in [4.78, 5) is 0.122. The second kappa shape index (κ2) is 6.28. The molecular weight excluding hydrogens is 253 g/mol. The Bertz CT molecular complexity index is 355. The van der Waals surface area contributed by atoms with Crippen LogP contribution in [0.1, 0.15) is 18.8 Å². The van der Waals surface area contributed by atoms with Crippen molar-refractivity contribution in [2.24, 2.45) is 0 Å². The highest BCUT2D eigenvalue weighted by Gasteiger charge is 2.29. The summed E-state index contributed by atoms with van der Waals surface area (Å²) in [5.41, 5.74) is -3.71. The van der Waals surface area contributed by atoms with Gasteiger partial charge in [-0.25, -0.2) is 0 Å². The topological polar surface area (TPSA) is 18.5 Å². The molecule has 0 fully saturated rings. The molecule has 0 saturated carbocycles. The van der Waals surface area contributed by atoms with Crippen LogP contribution in [0.2, 0.25) is 0 Å². The fourth-order valence-electron chi connectivity index (χ4n) is 1.31. The Morgan fingerprint density at radius 2 is 2.06 bits per heavy atom. The minimum Gasteiger partial charge on any atom is -0.352 e. The van der Waals surface area contributed by atoms with E-state index in [0.29, 0.717) is 12.2 Å². The van der Waals surface area contributed by atoms with Gasteiger partial charge in [0.05, 0.1) is 0 Å². The highest BCUT2D eigenvalue weighted by molar-refractivity contribution is 8.00. The molecule has 0 bridgehead atoms. The predicted molar refractivity (Wildman–Crippen MR) is 59.7 cm³/mol. The first-order valence-electron chi connectivity index (χ1n) is 4.96. The van der Waals surface area contributed by atoms with Gasteiger partial charge < -0.3 is 9.47 Å². The van der Waals surface area contributed by atoms with E-state index in [9.17, 15) is 13.2 Å². The molecule has 0 aromatic heterocycles. The largest absolute Gasteiger partial charge is 0.446 e. The van der Waals surface area contributed by atoms with Crippen molar-refractivity contribution in [2.45, 2.75) is 23.6 Å². The third-order valence-corrected chi connectivity index (χ3v) is 2.62. The number of hydrogen-bond acceptors (Lipinski definition) is 3. The van der Waals surface area contributed by atoms with Crippen molar-refractivity contribution >= 4 is 11.8 Å². The first-order valence-corrected chi connectivity index (χ1v) is 5.78. The molecule has 1 rings (SSSR count). The van der Waals surface area contributed by atoms with Crippen LogP contribution in [-0.4, -0.2) is 19.2 Å². The molecule has 2 nitrogen and oxygen atoms in total. The van der Waals surface area contributed by atoms with E-state index in [0.717, 1.165) is 0 Å². The summed E-state index contributed by atoms with van der Waals surface area (Å²) in [5, 5.41) is 0. The van der Waals surface area contributed by atoms with Crippen molar-refractivity contribution in [2.75, 3.05) is 13.7 Å². The van der Waals surface area contributed by atoms with Crippen molar-refractivity contribution in [3.63, 3.8) is 0 Å². The Labute approximate surface area is 102 Å². The lowest BCUT2D eigenvalue weighted by Gasteiger charge is -2.16. The monoisotopic (exact) mass is 266 g/mol. The van der Waals surface area contributed by atoms with E-state index < -0.39 is 11.8 Å². The number of hydrogen-bond donors (Lipinski definition) is 0. The van der Waals surface area contributed by atoms with Crippen molar-refractivity contribution in [3.05, 3.63) is 29.8 Å². The molecule has 1 atom stereocenters. The maximum atomic E-state index is 12.2. The summed E-state index contributed by atoms with van der Waals surface area (Å²) >= 11 is -0.150. The van der Waals surface area contributed by atoms with Gasteiger partial charge in [0, 0.05) is 24.2 Å². The van der Waals surface area contributed by atoms with Gasteiger partial charge in [-0.1, -0.05) is 12.1 Å². The molecule has 0 amide bonds. The molecule has 0 heterocycles. The van der Waals surface area contributed by atoms with Gasteiger partial charge in [-0.2, -0.15) is 13.2 Å². The maximum Gasteiger partial charge on any atom is 0.446 e. The standard InChI is InChI=1S/C11H13F3O2S/c1-3-16-10(15-2)8-5-4-6-9(7-8)17-11(12,13)14/h4-7,10H,3H2,1-2H3. The summed E-state index contributed by atoms with van der Waals surface area (Å²) < 4.78 is 46.9. The van der Waals surface area contributed by atoms with Gasteiger partial charge in [0.2, 0.25) is 0 Å². The zero-order chi connectivity index (χ0) is 12.9. The van der Waals surface area contributed by atoms with Crippen LogP contribution in [0.4, 0.5) is 13.2 Å². The Balaban J connectivity index is 2.84. The Hall–Kier alpha value is -0.720. The molecule has 0 aliphatic carbocycles. The molecule has 0 saturated heterocycles. The molecule has 0 aliphatic heterocycles. The minimum atomic E-state index is -4.28. The highest BCUT2D eigenvalue weighted by atomic mass is 32.2. The molecule has 1 unspecified atom stereocenters. The Morgan fingerprint density at radius 3 is 2.59 bits per heavy atom. The van der Waals surface area contributed by atoms with E-state index in [2.05, 4.69) is 0 Å². The number of thioether (sulfide) groups is 1. The maximum absolute atomic E-state index is 12.2. The molecule has 17 heavy (non-hydrogen) atoms. The van der Waals surface area contributed by atoms with E-state index in [1.54, 1.807) is 19.1 Å². The third kappa shape index (κ3) is 4.97. The SMILES string of the molecule is CCOC(OC)c1cccc(SC(F)(F)F)c1. The van der Waals surface area contributed by atoms with E-state index >= 15 is 0 Å². The molecule has 1 aromatic carbocycles. The summed E-state index contributed by atoms with van der Waals surface area (Å²) in [5.74, 6) is 0. The molecule has 0 aliphatic rings. The van der Waals surface area contributed by atoms with Crippen LogP contribution in [0.25, 0.3) is 0 Å². The molecule has 6 heteroatoms. The van der Waals surface area contributed by atoms with Gasteiger partial charge in [0.15, 0.2) is 6.29 Å². The quantitative estimate of drug-likeness (QED) is 0.593. The zero-order valence-corrected chi connectivity index (χ0v) is 10.3. The van der Waals surface area contributed by atoms with Gasteiger partial charge in [-0.15, -0.1) is 0 Å². The molecule has 0 spiro atoms. The van der Waals surface area contributed by atoms with Gasteiger partial charge in [-0.05, 0) is 30.8 Å². The summed E-state index contributed by atoms with van der Waals surface area (Å²) in [6, 6.07) is 6.04. The lowest BCUT2D eigenvalue weighted by atomic mass is 10.2. The number of ether oxygens (including phenoxy) is 2. The van der Waals surface area contributed by atoms with E-state index in [1.165, 1.54) is 19.2 Å². The first kappa shape index (κ1) is 14.3. The summed E-state index contributed by atoms with van der Waals surface area (Å²) in [6.45, 7) is 2.22. The van der Waals surface area contributed by atoms with Crippen LogP contribution in [0.3, 0.4) is 0 Å². The average molecular weight is 266 g/mol. The average Bonchev–Trinajstić information content (AvgIpc) is 2.24. The smallest absolute Gasteiger partial charge is 0.352 e. The molecule has 1 aromatic rings. The van der Waals surface area contributed by atoms with Crippen LogP contribution in [0, 0.1) is 0 Å². The number of benzene rings is 1. The number of alkyl halides is 3. The van der Waals surface area contributed by atoms with Gasteiger partial charge >= 0.3 is 5.51 Å². The lowest BCUT2D eigenvalue weighted by Crippen LogP contribution is -2.06. The summed E-state index contributed by atoms with van der Waals surface area (Å²) in [6.07, 6.45) is -0.631. The number of rotatable bonds is 5. The molecular formula is C11H13F3O2S. The molecule has 96 valence electrons. The molecule has 0 radical (unpaired) electrons. The number of halogens is 3. The predicted octanol–water partition coefficient (Wildman–Crippen LogP) is 3.98. The minimum absolute atomic E-state index is 0.122. The van der Waals surface area contributed by atoms with Gasteiger partial charge in [-0.3, -0.25) is 0 Å². The van der Waals surface area contributed by atoms with Crippen LogP contribution in [-0.2, 0) is 9.47 Å². The van der Waals surface area contributed by atoms with Crippen molar-refractivity contribution in [1.82, 2.24) is 0 Å². The lowest BCUT2D eigenvalue weighted by molar-refractivity contribution is -0.124. The Morgan fingerprint density at radius 1 is 1.35 bits per heavy atom. The van der Waals surface area contributed by atoms with Crippen LogP contribution < -0.4 is 0 Å². The third-order valence-electron chi connectivity index (χ3n) is 1.90. The normalized spacial score (nSPS) is 13.7. The summed E-state index contributed by atoms with van der Waals surface area (Å²) in [7, 11) is 1.45. The van der Waals surface area contributed by atoms with E-state index in [4.69, 9.17) is 9.47 Å². The highest BCUT2D eigenvalue weighted by Crippen LogP contribution is 2.37. The van der Waals surface area contributed by atoms with Crippen LogP contribution >= 0.6 is 11.8 Å². The fraction of sp³-hybridized carbons (Fsp3) is 0.455. The second-order valence-electron chi connectivity index (χ2n) is 3.14. The first-order chi connectivity index (χ1) is 7.96.